The fourth-order valence-electron chi connectivity index (χ4n) is 3.20. The van der Waals surface area contributed by atoms with E-state index < -0.39 is 32.2 Å². The zero-order chi connectivity index (χ0) is 21.1. The minimum atomic E-state index is -4.73. The number of rotatable bonds is 10. The van der Waals surface area contributed by atoms with Gasteiger partial charge in [0.05, 0.1) is 18.8 Å². The van der Waals surface area contributed by atoms with Crippen LogP contribution < -0.4 is 4.89 Å². The molecule has 0 amide bonds. The molecule has 29 heavy (non-hydrogen) atoms. The molecule has 2 heterocycles. The Labute approximate surface area is 187 Å². The fraction of sp³-hybridized carbons (Fsp3) is 0.944. The van der Waals surface area contributed by atoms with Gasteiger partial charge in [0.15, 0.2) is 0 Å². The van der Waals surface area contributed by atoms with Gasteiger partial charge in [0.2, 0.25) is 0 Å². The summed E-state index contributed by atoms with van der Waals surface area (Å²) in [7, 11) is -4.73. The van der Waals surface area contributed by atoms with Gasteiger partial charge in [-0.2, -0.15) is 0 Å². The largest absolute Gasteiger partial charge is 0.756 e. The van der Waals surface area contributed by atoms with E-state index in [9.17, 15) is 14.6 Å². The second-order valence-corrected chi connectivity index (χ2v) is 9.21. The molecule has 2 aliphatic rings. The van der Waals surface area contributed by atoms with Crippen molar-refractivity contribution in [3.63, 3.8) is 0 Å². The van der Waals surface area contributed by atoms with Gasteiger partial charge < -0.3 is 38.0 Å². The molecule has 0 aromatic rings. The first-order valence-corrected chi connectivity index (χ1v) is 11.2. The monoisotopic (exact) mass is 608 g/mol. The maximum absolute atomic E-state index is 12.4. The number of aliphatic hydroxyl groups is 1. The van der Waals surface area contributed by atoms with Gasteiger partial charge in [-0.3, -0.25) is 4.57 Å². The molecule has 4 unspecified atom stereocenters. The minimum absolute atomic E-state index is 0. The van der Waals surface area contributed by atoms with E-state index in [-0.39, 0.29) is 58.7 Å². The summed E-state index contributed by atoms with van der Waals surface area (Å²) in [6.45, 7) is 10.8. The minimum Gasteiger partial charge on any atom is -0.756 e. The number of hydrogen-bond acceptors (Lipinski definition) is 9. The van der Waals surface area contributed by atoms with Crippen molar-refractivity contribution >= 4 is 7.82 Å². The van der Waals surface area contributed by atoms with Crippen LogP contribution in [0.5, 0.6) is 0 Å². The maximum Gasteiger partial charge on any atom is 0.265 e. The first-order valence-electron chi connectivity index (χ1n) is 9.75. The summed E-state index contributed by atoms with van der Waals surface area (Å²) in [6.07, 6.45) is -2.98. The molecule has 2 rings (SSSR count). The third kappa shape index (κ3) is 8.57. The van der Waals surface area contributed by atoms with Gasteiger partial charge in [0.25, 0.3) is 7.82 Å². The summed E-state index contributed by atoms with van der Waals surface area (Å²) in [5.74, 6) is 0. The first kappa shape index (κ1) is 27.6. The summed E-state index contributed by atoms with van der Waals surface area (Å²) in [6, 6.07) is 0. The van der Waals surface area contributed by atoms with Crippen molar-refractivity contribution in [3.05, 3.63) is 6.10 Å². The van der Waals surface area contributed by atoms with Crippen molar-refractivity contribution in [2.75, 3.05) is 13.2 Å². The van der Waals surface area contributed by atoms with Crippen LogP contribution in [-0.4, -0.2) is 67.2 Å². The topological polar surface area (TPSA) is 116 Å². The SMILES string of the molecule is CC(C)OC[C@H]1O[C@@H](C)C(O)C1OP(=O)([O-])OC[C-]1O[C@@H](C)CC1OC(C)C.[W]. The van der Waals surface area contributed by atoms with Crippen LogP contribution in [0.25, 0.3) is 0 Å². The molecule has 2 saturated heterocycles. The van der Waals surface area contributed by atoms with Crippen molar-refractivity contribution < 1.29 is 63.6 Å². The Bertz CT molecular complexity index is 535. The van der Waals surface area contributed by atoms with Crippen LogP contribution >= 0.6 is 7.82 Å². The predicted molar refractivity (Wildman–Crippen MR) is 98.3 cm³/mol. The van der Waals surface area contributed by atoms with Gasteiger partial charge in [-0.1, -0.05) is 0 Å². The van der Waals surface area contributed by atoms with E-state index in [0.717, 1.165) is 0 Å². The van der Waals surface area contributed by atoms with Crippen LogP contribution in [0.2, 0.25) is 0 Å². The molecule has 0 aliphatic carbocycles. The molecule has 0 bridgehead atoms. The molecule has 0 aromatic carbocycles. The Morgan fingerprint density at radius 1 is 1.24 bits per heavy atom. The number of hydrogen-bond donors (Lipinski definition) is 1. The fourth-order valence-corrected chi connectivity index (χ4v) is 4.10. The van der Waals surface area contributed by atoms with Gasteiger partial charge in [-0.25, -0.2) is 0 Å². The van der Waals surface area contributed by atoms with Crippen LogP contribution in [0.1, 0.15) is 48.0 Å². The Balaban J connectivity index is 0.00000420. The average Bonchev–Trinajstić information content (AvgIpc) is 3.04. The van der Waals surface area contributed by atoms with Crippen LogP contribution in [0.4, 0.5) is 0 Å². The second kappa shape index (κ2) is 12.0. The third-order valence-corrected chi connectivity index (χ3v) is 5.42. The molecule has 9 nitrogen and oxygen atoms in total. The number of aliphatic hydroxyl groups excluding tert-OH is 1. The molecular weight excluding hydrogens is 575 g/mol. The summed E-state index contributed by atoms with van der Waals surface area (Å²) in [4.78, 5) is 12.4. The predicted octanol–water partition coefficient (Wildman–Crippen LogP) is 1.56. The summed E-state index contributed by atoms with van der Waals surface area (Å²) >= 11 is 0. The second-order valence-electron chi connectivity index (χ2n) is 7.85. The molecule has 1 N–H and O–H groups in total. The molecule has 7 atom stereocenters. The van der Waals surface area contributed by atoms with Crippen LogP contribution in [-0.2, 0) is 53.6 Å². The maximum atomic E-state index is 12.4. The van der Waals surface area contributed by atoms with E-state index in [2.05, 4.69) is 0 Å². The quantitative estimate of drug-likeness (QED) is 0.292. The normalized spacial score (nSPS) is 35.2. The molecule has 0 radical (unpaired) electrons. The Morgan fingerprint density at radius 3 is 2.48 bits per heavy atom. The number of ether oxygens (including phenoxy) is 4. The van der Waals surface area contributed by atoms with Crippen LogP contribution in [0.3, 0.4) is 0 Å². The van der Waals surface area contributed by atoms with Crippen molar-refractivity contribution in [3.8, 4) is 0 Å². The van der Waals surface area contributed by atoms with E-state index in [1.54, 1.807) is 6.92 Å². The van der Waals surface area contributed by atoms with Crippen molar-refractivity contribution in [2.24, 2.45) is 0 Å². The van der Waals surface area contributed by atoms with E-state index in [0.29, 0.717) is 12.5 Å². The standard InChI is InChI=1S/C18H34O9P.W/c1-10(2)22-8-16-18(17(19)13(6)26-16)27-28(20,21)23-9-15-14(24-11(3)4)7-12(5)25-15;/h10-14,16-19H,7-9H2,1-6H3,(H,20,21);/q-1;/p-1/t12-,13-,14?,16+,17?,18?;/m0./s1. The van der Waals surface area contributed by atoms with Gasteiger partial charge >= 0.3 is 0 Å². The van der Waals surface area contributed by atoms with Crippen molar-refractivity contribution in [2.45, 2.75) is 96.8 Å². The van der Waals surface area contributed by atoms with E-state index >= 15 is 0 Å². The molecular formula is C18H33O9PW-2. The van der Waals surface area contributed by atoms with E-state index in [1.807, 2.05) is 34.6 Å². The van der Waals surface area contributed by atoms with Crippen LogP contribution in [0.15, 0.2) is 0 Å². The van der Waals surface area contributed by atoms with Crippen LogP contribution in [0, 0.1) is 6.10 Å². The van der Waals surface area contributed by atoms with Gasteiger partial charge in [-0.15, -0.1) is 6.10 Å². The Morgan fingerprint density at radius 2 is 1.90 bits per heavy atom. The zero-order valence-corrected chi connectivity index (χ0v) is 21.6. The van der Waals surface area contributed by atoms with Crippen molar-refractivity contribution in [1.82, 2.24) is 0 Å². The molecule has 0 aromatic heterocycles. The number of phosphoric acid groups is 1. The third-order valence-electron chi connectivity index (χ3n) is 4.48. The number of phosphoric ester groups is 1. The van der Waals surface area contributed by atoms with Crippen molar-refractivity contribution in [1.29, 1.82) is 0 Å². The summed E-state index contributed by atoms with van der Waals surface area (Å²) in [5, 5.41) is 10.2. The summed E-state index contributed by atoms with van der Waals surface area (Å²) < 4.78 is 44.9. The van der Waals surface area contributed by atoms with Gasteiger partial charge in [-0.05, 0) is 60.7 Å². The molecule has 172 valence electrons. The van der Waals surface area contributed by atoms with E-state index in [1.165, 1.54) is 0 Å². The zero-order valence-electron chi connectivity index (χ0n) is 17.8. The molecule has 2 fully saturated rings. The van der Waals surface area contributed by atoms with Gasteiger partial charge in [0, 0.05) is 33.3 Å². The summed E-state index contributed by atoms with van der Waals surface area (Å²) in [5.41, 5.74) is 0. The molecule has 0 saturated carbocycles. The molecule has 0 spiro atoms. The first-order chi connectivity index (χ1) is 13.0. The average molecular weight is 608 g/mol. The molecule has 2 aliphatic heterocycles. The van der Waals surface area contributed by atoms with Gasteiger partial charge in [0.1, 0.15) is 18.3 Å². The van der Waals surface area contributed by atoms with E-state index in [4.69, 9.17) is 28.0 Å². The Hall–Kier alpha value is 0.598. The molecule has 11 heteroatoms. The smallest absolute Gasteiger partial charge is 0.265 e. The Kier molecular flexibility index (Phi) is 11.4.